The third-order valence-electron chi connectivity index (χ3n) is 0.418. The van der Waals surface area contributed by atoms with Gasteiger partial charge in [-0.15, -0.1) is 0 Å². The minimum absolute atomic E-state index is 0.288. The van der Waals surface area contributed by atoms with Gasteiger partial charge in [-0.25, -0.2) is 0 Å². The maximum Gasteiger partial charge on any atom is 0.673 e. The maximum absolute atomic E-state index is 9.75. The van der Waals surface area contributed by atoms with Crippen LogP contribution in [-0.2, 0) is 0 Å². The van der Waals surface area contributed by atoms with Crippen molar-refractivity contribution >= 4 is 7.25 Å². The van der Waals surface area contributed by atoms with E-state index < -0.39 is 7.25 Å². The molecule has 0 saturated heterocycles. The van der Waals surface area contributed by atoms with Gasteiger partial charge in [-0.05, 0) is 0 Å². The molecule has 0 atom stereocenters. The molecule has 2 nitrogen and oxygen atoms in total. The van der Waals surface area contributed by atoms with Gasteiger partial charge in [-0.1, -0.05) is 0 Å². The Morgan fingerprint density at radius 2 is 1.60 bits per heavy atom. The van der Waals surface area contributed by atoms with Crippen molar-refractivity contribution in [3.05, 3.63) is 0 Å². The molecule has 64 valence electrons. The summed E-state index contributed by atoms with van der Waals surface area (Å²) in [5.74, 6) is 0. The number of rotatable bonds is 2. The minimum atomic E-state index is -6.00. The first-order chi connectivity index (χ1) is 4.41. The molecule has 0 aromatic heterocycles. The topological polar surface area (TPSA) is 36.8 Å². The summed E-state index contributed by atoms with van der Waals surface area (Å²) in [6.07, 6.45) is 0. The van der Waals surface area contributed by atoms with Crippen LogP contribution in [0.5, 0.6) is 0 Å². The van der Waals surface area contributed by atoms with E-state index >= 15 is 0 Å². The van der Waals surface area contributed by atoms with Crippen LogP contribution < -0.4 is 5.32 Å². The van der Waals surface area contributed by atoms with Crippen LogP contribution in [0.15, 0.2) is 0 Å². The molecule has 10 heavy (non-hydrogen) atoms. The van der Waals surface area contributed by atoms with Crippen LogP contribution >= 0.6 is 0 Å². The molecule has 3 N–H and O–H groups in total. The molecule has 7 heteroatoms. The van der Waals surface area contributed by atoms with Gasteiger partial charge < -0.3 is 27.7 Å². The third kappa shape index (κ3) is 119. The number of halogens is 4. The molecule has 0 aliphatic rings. The van der Waals surface area contributed by atoms with Crippen molar-refractivity contribution in [1.29, 1.82) is 0 Å². The number of likely N-dealkylation sites (N-methyl/N-ethyl adjacent to an activating group) is 1. The second kappa shape index (κ2) is 6.82. The van der Waals surface area contributed by atoms with E-state index in [1.807, 2.05) is 12.4 Å². The Morgan fingerprint density at radius 1 is 1.30 bits per heavy atom. The minimum Gasteiger partial charge on any atom is -0.418 e. The van der Waals surface area contributed by atoms with Crippen LogP contribution in [-0.4, -0.2) is 32.6 Å². The summed E-state index contributed by atoms with van der Waals surface area (Å²) in [4.78, 5) is 0. The predicted molar refractivity (Wildman–Crippen MR) is 30.0 cm³/mol. The van der Waals surface area contributed by atoms with E-state index in [9.17, 15) is 17.3 Å². The first-order valence-electron chi connectivity index (χ1n) is 2.67. The third-order valence-corrected chi connectivity index (χ3v) is 0.418. The smallest absolute Gasteiger partial charge is 0.418 e. The Morgan fingerprint density at radius 3 is 1.60 bits per heavy atom. The Labute approximate surface area is 56.3 Å². The van der Waals surface area contributed by atoms with Crippen molar-refractivity contribution in [3.8, 4) is 0 Å². The summed E-state index contributed by atoms with van der Waals surface area (Å²) in [5.41, 5.74) is 0. The number of nitrogens with two attached hydrogens (primary N) is 1. The normalized spacial score (nSPS) is 10.2. The van der Waals surface area contributed by atoms with Gasteiger partial charge in [0.05, 0.1) is 20.2 Å². The van der Waals surface area contributed by atoms with E-state index in [1.165, 1.54) is 0 Å². The van der Waals surface area contributed by atoms with E-state index in [-0.39, 0.29) is 6.61 Å². The van der Waals surface area contributed by atoms with Gasteiger partial charge >= 0.3 is 7.25 Å². The lowest BCUT2D eigenvalue weighted by Crippen LogP contribution is -2.80. The van der Waals surface area contributed by atoms with E-state index in [2.05, 4.69) is 0 Å². The highest BCUT2D eigenvalue weighted by Crippen LogP contribution is 2.06. The summed E-state index contributed by atoms with van der Waals surface area (Å²) < 4.78 is 39.0. The Kier molecular flexibility index (Phi) is 8.45. The standard InChI is InChI=1S/C3H9NO.BF4/c1-4-2-3-5;2-1(3,4)5/h4-5H,2-3H2,1H3;/q;-1/p+1. The first-order valence-corrected chi connectivity index (χ1v) is 2.67. The molecule has 0 amide bonds. The van der Waals surface area contributed by atoms with Gasteiger partial charge in [0.2, 0.25) is 0 Å². The highest BCUT2D eigenvalue weighted by Gasteiger charge is 2.20. The predicted octanol–water partition coefficient (Wildman–Crippen LogP) is -0.528. The van der Waals surface area contributed by atoms with Gasteiger partial charge in [0, 0.05) is 0 Å². The number of quaternary nitrogens is 1. The van der Waals surface area contributed by atoms with Gasteiger partial charge in [-0.2, -0.15) is 0 Å². The molecule has 0 rings (SSSR count). The molecular weight excluding hydrogens is 153 g/mol. The van der Waals surface area contributed by atoms with Crippen molar-refractivity contribution in [1.82, 2.24) is 0 Å². The lowest BCUT2D eigenvalue weighted by atomic mass is 10.3. The molecule has 0 aromatic rings. The molecule has 0 aliphatic heterocycles. The molecule has 0 radical (unpaired) electrons. The van der Waals surface area contributed by atoms with Crippen molar-refractivity contribution in [2.75, 3.05) is 20.2 Å². The van der Waals surface area contributed by atoms with E-state index in [1.54, 1.807) is 0 Å². The maximum atomic E-state index is 9.75. The van der Waals surface area contributed by atoms with Crippen LogP contribution in [0.4, 0.5) is 17.3 Å². The fraction of sp³-hybridized carbons (Fsp3) is 1.00. The van der Waals surface area contributed by atoms with Crippen LogP contribution in [0, 0.1) is 0 Å². The second-order valence-electron chi connectivity index (χ2n) is 1.42. The van der Waals surface area contributed by atoms with Crippen LogP contribution in [0.25, 0.3) is 0 Å². The highest BCUT2D eigenvalue weighted by atomic mass is 19.5. The fourth-order valence-electron chi connectivity index (χ4n) is 0.129. The average Bonchev–Trinajstić information content (AvgIpc) is 1.63. The highest BCUT2D eigenvalue weighted by molar-refractivity contribution is 6.50. The van der Waals surface area contributed by atoms with Crippen LogP contribution in [0.1, 0.15) is 0 Å². The fourth-order valence-corrected chi connectivity index (χ4v) is 0.129. The lowest BCUT2D eigenvalue weighted by Gasteiger charge is -1.94. The monoisotopic (exact) mass is 163 g/mol. The number of aliphatic hydroxyl groups is 1. The average molecular weight is 163 g/mol. The van der Waals surface area contributed by atoms with E-state index in [0.717, 1.165) is 6.54 Å². The van der Waals surface area contributed by atoms with Gasteiger partial charge in [0.1, 0.15) is 0 Å². The summed E-state index contributed by atoms with van der Waals surface area (Å²) in [6.45, 7) is 1.11. The molecule has 0 saturated carbocycles. The summed E-state index contributed by atoms with van der Waals surface area (Å²) >= 11 is 0. The van der Waals surface area contributed by atoms with E-state index in [4.69, 9.17) is 5.11 Å². The quantitative estimate of drug-likeness (QED) is 0.416. The van der Waals surface area contributed by atoms with Crippen molar-refractivity contribution in [2.24, 2.45) is 0 Å². The van der Waals surface area contributed by atoms with Crippen molar-refractivity contribution in [2.45, 2.75) is 0 Å². The van der Waals surface area contributed by atoms with Crippen molar-refractivity contribution < 1.29 is 27.7 Å². The second-order valence-corrected chi connectivity index (χ2v) is 1.42. The summed E-state index contributed by atoms with van der Waals surface area (Å²) in [6, 6.07) is 0. The molecule has 0 aliphatic carbocycles. The van der Waals surface area contributed by atoms with Crippen LogP contribution in [0.2, 0.25) is 0 Å². The molecule has 0 spiro atoms. The largest absolute Gasteiger partial charge is 0.673 e. The molecule has 0 heterocycles. The Hall–Kier alpha value is -0.295. The van der Waals surface area contributed by atoms with Gasteiger partial charge in [-0.3, -0.25) is 0 Å². The summed E-state index contributed by atoms with van der Waals surface area (Å²) in [5, 5.41) is 9.97. The van der Waals surface area contributed by atoms with Crippen LogP contribution in [0.3, 0.4) is 0 Å². The molecular formula is C3H10BF4NO. The number of aliphatic hydroxyl groups excluding tert-OH is 1. The SMILES string of the molecule is C[NH2+]CCO.F[B-](F)(F)F. The molecule has 0 bridgehead atoms. The van der Waals surface area contributed by atoms with E-state index in [0.29, 0.717) is 0 Å². The van der Waals surface area contributed by atoms with Crippen molar-refractivity contribution in [3.63, 3.8) is 0 Å². The summed E-state index contributed by atoms with van der Waals surface area (Å²) in [7, 11) is -4.07. The zero-order valence-corrected chi connectivity index (χ0v) is 5.53. The molecule has 0 aromatic carbocycles. The zero-order chi connectivity index (χ0) is 8.62. The Bertz CT molecular complexity index is 60.0. The Balaban J connectivity index is 0. The number of hydrogen-bond donors (Lipinski definition) is 2. The zero-order valence-electron chi connectivity index (χ0n) is 5.53. The van der Waals surface area contributed by atoms with Gasteiger partial charge in [0.25, 0.3) is 0 Å². The number of hydrogen-bond acceptors (Lipinski definition) is 1. The van der Waals surface area contributed by atoms with Gasteiger partial charge in [0.15, 0.2) is 0 Å². The molecule has 0 unspecified atom stereocenters. The first kappa shape index (κ1) is 12.4. The lowest BCUT2D eigenvalue weighted by molar-refractivity contribution is -0.628. The molecule has 0 fully saturated rings.